The molecule has 4 aromatic carbocycles. The molecule has 2 atom stereocenters. The Balaban J connectivity index is 0.00000455. The van der Waals surface area contributed by atoms with Crippen molar-refractivity contribution >= 4 is 27.7 Å². The van der Waals surface area contributed by atoms with Gasteiger partial charge in [-0.3, -0.25) is 4.99 Å². The molecular formula is C51H55N3O2Pt. The minimum Gasteiger partial charge on any atom is -0.512 e. The Hall–Kier alpha value is -4.21. The van der Waals surface area contributed by atoms with Gasteiger partial charge in [0.15, 0.2) is 0 Å². The van der Waals surface area contributed by atoms with Gasteiger partial charge in [0.25, 0.3) is 0 Å². The molecule has 6 aromatic rings. The van der Waals surface area contributed by atoms with Crippen LogP contribution in [0.15, 0.2) is 71.9 Å². The van der Waals surface area contributed by atoms with Crippen molar-refractivity contribution in [1.82, 2.24) is 9.55 Å². The van der Waals surface area contributed by atoms with E-state index >= 15 is 0 Å². The van der Waals surface area contributed by atoms with E-state index in [9.17, 15) is 0 Å². The molecule has 0 saturated heterocycles. The number of rotatable bonds is 6. The third kappa shape index (κ3) is 6.04. The Morgan fingerprint density at radius 1 is 0.842 bits per heavy atom. The fourth-order valence-electron chi connectivity index (χ4n) is 9.70. The molecule has 2 aliphatic heterocycles. The first-order valence-electron chi connectivity index (χ1n) is 20.6. The fourth-order valence-corrected chi connectivity index (χ4v) is 9.70. The first-order chi connectivity index (χ1) is 26.4. The number of pyridine rings is 1. The maximum absolute atomic E-state index is 7.02. The summed E-state index contributed by atoms with van der Waals surface area (Å²) in [5.41, 5.74) is 11.9. The van der Waals surface area contributed by atoms with Crippen LogP contribution in [0.25, 0.3) is 38.8 Å². The predicted octanol–water partition coefficient (Wildman–Crippen LogP) is 13.2. The molecule has 5 nitrogen and oxygen atoms in total. The van der Waals surface area contributed by atoms with Crippen molar-refractivity contribution in [3.63, 3.8) is 0 Å². The molecule has 3 aliphatic rings. The van der Waals surface area contributed by atoms with E-state index in [4.69, 9.17) is 19.5 Å². The fraction of sp³-hybridized carbons (Fsp3) is 0.412. The van der Waals surface area contributed by atoms with E-state index < -0.39 is 0 Å². The normalized spacial score (nSPS) is 20.8. The minimum absolute atomic E-state index is 0. The van der Waals surface area contributed by atoms with Crippen molar-refractivity contribution in [3.8, 4) is 28.4 Å². The number of aliphatic imine (C=N–C) groups is 1. The van der Waals surface area contributed by atoms with E-state index in [0.29, 0.717) is 29.2 Å². The van der Waals surface area contributed by atoms with Crippen LogP contribution in [0.4, 0.5) is 0 Å². The van der Waals surface area contributed by atoms with Crippen molar-refractivity contribution in [1.29, 1.82) is 0 Å². The molecule has 0 amide bonds. The van der Waals surface area contributed by atoms with Crippen LogP contribution in [0.1, 0.15) is 146 Å². The van der Waals surface area contributed by atoms with Gasteiger partial charge in [0.2, 0.25) is 0 Å². The summed E-state index contributed by atoms with van der Waals surface area (Å²) in [6, 6.07) is 29.9. The van der Waals surface area contributed by atoms with E-state index in [1.54, 1.807) is 0 Å². The first-order valence-corrected chi connectivity index (χ1v) is 20.6. The molecule has 1 aliphatic carbocycles. The zero-order valence-electron chi connectivity index (χ0n) is 35.6. The summed E-state index contributed by atoms with van der Waals surface area (Å²) in [6.07, 6.45) is 5.02. The topological polar surface area (TPSA) is 48.6 Å². The van der Waals surface area contributed by atoms with E-state index in [0.717, 1.165) is 52.7 Å². The van der Waals surface area contributed by atoms with Crippen LogP contribution in [-0.4, -0.2) is 26.6 Å². The number of hydrogen-bond donors (Lipinski definition) is 0. The summed E-state index contributed by atoms with van der Waals surface area (Å²) < 4.78 is 16.1. The summed E-state index contributed by atoms with van der Waals surface area (Å²) in [7, 11) is 0. The molecule has 6 heteroatoms. The maximum Gasteiger partial charge on any atom is 2.00 e. The number of aryl methyl sites for hydroxylation is 1. The number of ether oxygens (including phenoxy) is 2. The van der Waals surface area contributed by atoms with Crippen LogP contribution in [0.3, 0.4) is 0 Å². The van der Waals surface area contributed by atoms with Crippen molar-refractivity contribution in [3.05, 3.63) is 118 Å². The number of benzene rings is 4. The molecule has 4 heterocycles. The average Bonchev–Trinajstić information content (AvgIpc) is 3.71. The molecule has 57 heavy (non-hydrogen) atoms. The minimum atomic E-state index is -0.329. The van der Waals surface area contributed by atoms with Crippen LogP contribution >= 0.6 is 0 Å². The van der Waals surface area contributed by atoms with Gasteiger partial charge in [-0.1, -0.05) is 134 Å². The first kappa shape index (κ1) is 39.6. The molecular weight excluding hydrogens is 882 g/mol. The molecule has 2 aromatic heterocycles. The molecule has 1 saturated carbocycles. The molecule has 0 unspecified atom stereocenters. The number of hydrogen-bond acceptors (Lipinski definition) is 4. The molecule has 0 spiro atoms. The second kappa shape index (κ2) is 13.4. The predicted molar refractivity (Wildman–Crippen MR) is 230 cm³/mol. The van der Waals surface area contributed by atoms with Crippen LogP contribution < -0.4 is 4.74 Å². The molecule has 0 bridgehead atoms. The van der Waals surface area contributed by atoms with Crippen molar-refractivity contribution in [2.75, 3.05) is 0 Å². The van der Waals surface area contributed by atoms with Gasteiger partial charge in [0.1, 0.15) is 17.3 Å². The summed E-state index contributed by atoms with van der Waals surface area (Å²) in [6.45, 7) is 27.2. The zero-order valence-corrected chi connectivity index (χ0v) is 37.9. The SMILES string of the molecule is Cc1cc2c3cc(C(C)(C)C)cc4c3n(c2[c-]c1Oc1[c-]c(C2=N[C@]3(C)CCC[C@]3(C)O2)cc(-c2c(C(C)C)cccc2C(C)C)c1)-c1ncccc1C4(C)C.[Pt+2]. The van der Waals surface area contributed by atoms with Crippen molar-refractivity contribution < 1.29 is 30.5 Å². The van der Waals surface area contributed by atoms with Gasteiger partial charge in [-0.2, -0.15) is 6.07 Å². The Morgan fingerprint density at radius 2 is 1.56 bits per heavy atom. The quantitative estimate of drug-likeness (QED) is 0.156. The van der Waals surface area contributed by atoms with Gasteiger partial charge in [-0.15, -0.1) is 23.1 Å². The standard InChI is InChI=1S/C51H55N3O2.Pt/c1-29(2)36-16-13-17-37(30(3)4)44(36)32-23-33(47-53-50(11)19-15-20-51(50,12)56-47)25-35(24-32)55-43-28-42-38(22-31(43)5)39-26-34(48(6,7)8)27-41-45(39)54(42)46-40(49(41,9)10)18-14-21-52-46;/h13-14,16-18,21-24,26-27,29-30H,15,19-20H2,1-12H3;/q-2;+2/t50-,51+;/m1./s1. The van der Waals surface area contributed by atoms with Crippen LogP contribution in [0.5, 0.6) is 11.5 Å². The van der Waals surface area contributed by atoms with E-state index in [2.05, 4.69) is 160 Å². The summed E-state index contributed by atoms with van der Waals surface area (Å²) in [5, 5.41) is 2.38. The van der Waals surface area contributed by atoms with E-state index in [1.807, 2.05) is 6.20 Å². The van der Waals surface area contributed by atoms with Crippen LogP contribution in [0, 0.1) is 19.1 Å². The van der Waals surface area contributed by atoms with Gasteiger partial charge in [-0.25, -0.2) is 4.98 Å². The second-order valence-electron chi connectivity index (χ2n) is 19.3. The summed E-state index contributed by atoms with van der Waals surface area (Å²) >= 11 is 0. The van der Waals surface area contributed by atoms with Gasteiger partial charge < -0.3 is 14.0 Å². The number of fused-ring (bicyclic) bond motifs is 6. The summed E-state index contributed by atoms with van der Waals surface area (Å²) in [4.78, 5) is 10.3. The maximum atomic E-state index is 7.02. The molecule has 1 fully saturated rings. The number of aromatic nitrogens is 2. The monoisotopic (exact) mass is 936 g/mol. The molecule has 9 rings (SSSR count). The molecule has 0 radical (unpaired) electrons. The second-order valence-corrected chi connectivity index (χ2v) is 19.3. The molecule has 0 N–H and O–H groups in total. The van der Waals surface area contributed by atoms with E-state index in [1.165, 1.54) is 44.3 Å². The van der Waals surface area contributed by atoms with Gasteiger partial charge in [-0.05, 0) is 89.6 Å². The van der Waals surface area contributed by atoms with Crippen LogP contribution in [-0.2, 0) is 36.6 Å². The third-order valence-corrected chi connectivity index (χ3v) is 13.3. The average molecular weight is 937 g/mol. The van der Waals surface area contributed by atoms with Crippen LogP contribution in [0.2, 0.25) is 0 Å². The Kier molecular flexibility index (Phi) is 9.32. The Morgan fingerprint density at radius 3 is 2.23 bits per heavy atom. The third-order valence-electron chi connectivity index (χ3n) is 13.3. The van der Waals surface area contributed by atoms with Gasteiger partial charge in [0, 0.05) is 34.2 Å². The van der Waals surface area contributed by atoms with Crippen molar-refractivity contribution in [2.24, 2.45) is 4.99 Å². The Bertz CT molecular complexity index is 2610. The Labute approximate surface area is 353 Å². The van der Waals surface area contributed by atoms with Gasteiger partial charge >= 0.3 is 21.1 Å². The number of nitrogens with zero attached hydrogens (tertiary/aromatic N) is 3. The van der Waals surface area contributed by atoms with Crippen molar-refractivity contribution in [2.45, 2.75) is 136 Å². The zero-order chi connectivity index (χ0) is 39.7. The smallest absolute Gasteiger partial charge is 0.512 e. The van der Waals surface area contributed by atoms with E-state index in [-0.39, 0.29) is 43.0 Å². The largest absolute Gasteiger partial charge is 2.00 e. The van der Waals surface area contributed by atoms with Gasteiger partial charge in [0.05, 0.1) is 5.54 Å². The molecule has 296 valence electrons. The summed E-state index contributed by atoms with van der Waals surface area (Å²) in [5.74, 6) is 3.56.